The number of benzene rings is 3. The molecule has 0 aliphatic carbocycles. The molecule has 0 atom stereocenters. The summed E-state index contributed by atoms with van der Waals surface area (Å²) in [6.45, 7) is 0.481. The van der Waals surface area contributed by atoms with Crippen molar-refractivity contribution in [3.63, 3.8) is 0 Å². The van der Waals surface area contributed by atoms with Crippen LogP contribution in [0.2, 0.25) is 20.1 Å². The maximum Gasteiger partial charge on any atom is 0.168 e. The molecule has 0 bridgehead atoms. The van der Waals surface area contributed by atoms with E-state index in [9.17, 15) is 4.79 Å². The van der Waals surface area contributed by atoms with Crippen LogP contribution in [0.4, 0.5) is 0 Å². The molecule has 0 saturated carbocycles. The number of rotatable bonds is 9. The van der Waals surface area contributed by atoms with Gasteiger partial charge in [0.2, 0.25) is 0 Å². The SMILES string of the molecule is O=C(CC=NOCc1ccc(Cl)cc1Cl)c1ccc(OCc2ccc(Cl)cc2Cl)cc1. The smallest absolute Gasteiger partial charge is 0.168 e. The highest BCUT2D eigenvalue weighted by atomic mass is 35.5. The Morgan fingerprint density at radius 3 is 1.97 bits per heavy atom. The van der Waals surface area contributed by atoms with Crippen LogP contribution in [0.3, 0.4) is 0 Å². The first-order chi connectivity index (χ1) is 14.9. The Kier molecular flexibility index (Phi) is 8.61. The highest BCUT2D eigenvalue weighted by Gasteiger charge is 2.07. The highest BCUT2D eigenvalue weighted by molar-refractivity contribution is 6.35. The molecule has 3 aromatic carbocycles. The molecular formula is C23H17Cl4NO3. The van der Waals surface area contributed by atoms with Crippen LogP contribution in [0, 0.1) is 0 Å². The Morgan fingerprint density at radius 1 is 0.806 bits per heavy atom. The van der Waals surface area contributed by atoms with Crippen LogP contribution < -0.4 is 4.74 Å². The lowest BCUT2D eigenvalue weighted by molar-refractivity contribution is 0.0996. The Balaban J connectivity index is 1.45. The van der Waals surface area contributed by atoms with E-state index >= 15 is 0 Å². The fraction of sp³-hybridized carbons (Fsp3) is 0.130. The standard InChI is InChI=1S/C23H17Cl4NO3/c24-18-5-1-16(21(26)11-18)13-30-20-7-3-15(4-8-20)23(29)9-10-28-31-14-17-2-6-19(25)12-22(17)27/h1-8,10-12H,9,13-14H2. The number of carbonyl (C=O) groups excluding carboxylic acids is 1. The monoisotopic (exact) mass is 495 g/mol. The van der Waals surface area contributed by atoms with Gasteiger partial charge in [-0.3, -0.25) is 4.79 Å². The number of hydrogen-bond acceptors (Lipinski definition) is 4. The van der Waals surface area contributed by atoms with Crippen molar-refractivity contribution in [2.75, 3.05) is 0 Å². The molecule has 0 amide bonds. The summed E-state index contributed by atoms with van der Waals surface area (Å²) in [6, 6.07) is 17.2. The minimum atomic E-state index is -0.0934. The number of oxime groups is 1. The van der Waals surface area contributed by atoms with Gasteiger partial charge < -0.3 is 9.57 Å². The fourth-order valence-corrected chi connectivity index (χ4v) is 3.50. The van der Waals surface area contributed by atoms with Crippen LogP contribution in [-0.2, 0) is 18.1 Å². The van der Waals surface area contributed by atoms with Crippen LogP contribution in [0.1, 0.15) is 27.9 Å². The molecule has 0 fully saturated rings. The summed E-state index contributed by atoms with van der Waals surface area (Å²) in [5.74, 6) is 0.531. The zero-order chi connectivity index (χ0) is 22.2. The number of halogens is 4. The molecular weight excluding hydrogens is 480 g/mol. The molecule has 0 saturated heterocycles. The predicted octanol–water partition coefficient (Wildman–Crippen LogP) is 7.65. The van der Waals surface area contributed by atoms with E-state index in [0.29, 0.717) is 38.0 Å². The van der Waals surface area contributed by atoms with Gasteiger partial charge in [0, 0.05) is 43.2 Å². The Hall–Kier alpha value is -2.24. The molecule has 3 rings (SSSR count). The third kappa shape index (κ3) is 7.15. The largest absolute Gasteiger partial charge is 0.489 e. The van der Waals surface area contributed by atoms with Gasteiger partial charge in [-0.15, -0.1) is 0 Å². The van der Waals surface area contributed by atoms with Crippen molar-refractivity contribution in [3.8, 4) is 5.75 Å². The van der Waals surface area contributed by atoms with Crippen molar-refractivity contribution in [1.29, 1.82) is 0 Å². The fourth-order valence-electron chi connectivity index (χ4n) is 2.57. The molecule has 160 valence electrons. The first-order valence-corrected chi connectivity index (χ1v) is 10.7. The summed E-state index contributed by atoms with van der Waals surface area (Å²) < 4.78 is 5.72. The van der Waals surface area contributed by atoms with Crippen molar-refractivity contribution in [2.45, 2.75) is 19.6 Å². The maximum absolute atomic E-state index is 12.3. The quantitative estimate of drug-likeness (QED) is 0.173. The van der Waals surface area contributed by atoms with Crippen LogP contribution >= 0.6 is 46.4 Å². The Bertz CT molecular complexity index is 1080. The van der Waals surface area contributed by atoms with Crippen LogP contribution in [0.15, 0.2) is 65.8 Å². The normalized spacial score (nSPS) is 11.0. The second-order valence-corrected chi connectivity index (χ2v) is 8.16. The number of ether oxygens (including phenoxy) is 1. The average Bonchev–Trinajstić information content (AvgIpc) is 2.74. The molecule has 0 N–H and O–H groups in total. The van der Waals surface area contributed by atoms with Gasteiger partial charge in [0.15, 0.2) is 5.78 Å². The average molecular weight is 497 g/mol. The van der Waals surface area contributed by atoms with E-state index in [1.54, 1.807) is 54.6 Å². The van der Waals surface area contributed by atoms with Crippen LogP contribution in [0.5, 0.6) is 5.75 Å². The number of nitrogens with zero attached hydrogens (tertiary/aromatic N) is 1. The molecule has 0 spiro atoms. The second kappa shape index (κ2) is 11.4. The van der Waals surface area contributed by atoms with Gasteiger partial charge in [0.25, 0.3) is 0 Å². The number of hydrogen-bond donors (Lipinski definition) is 0. The zero-order valence-corrected chi connectivity index (χ0v) is 19.2. The molecule has 0 unspecified atom stereocenters. The molecule has 4 nitrogen and oxygen atoms in total. The van der Waals surface area contributed by atoms with E-state index in [0.717, 1.165) is 11.1 Å². The van der Waals surface area contributed by atoms with Crippen molar-refractivity contribution in [2.24, 2.45) is 5.16 Å². The minimum absolute atomic E-state index is 0.0934. The molecule has 0 aliphatic rings. The summed E-state index contributed by atoms with van der Waals surface area (Å²) in [5, 5.41) is 5.96. The molecule has 3 aromatic rings. The van der Waals surface area contributed by atoms with E-state index in [4.69, 9.17) is 56.0 Å². The van der Waals surface area contributed by atoms with Gasteiger partial charge in [-0.2, -0.15) is 0 Å². The van der Waals surface area contributed by atoms with Crippen molar-refractivity contribution < 1.29 is 14.4 Å². The molecule has 0 aliphatic heterocycles. The van der Waals surface area contributed by atoms with E-state index in [1.165, 1.54) is 6.21 Å². The van der Waals surface area contributed by atoms with Gasteiger partial charge >= 0.3 is 0 Å². The molecule has 31 heavy (non-hydrogen) atoms. The van der Waals surface area contributed by atoms with Crippen molar-refractivity contribution in [1.82, 2.24) is 0 Å². The van der Waals surface area contributed by atoms with Crippen molar-refractivity contribution >= 4 is 58.4 Å². The summed E-state index contributed by atoms with van der Waals surface area (Å²) in [5.41, 5.74) is 2.12. The number of Topliss-reactive ketones (excluding diaryl/α,β-unsaturated/α-hetero) is 1. The van der Waals surface area contributed by atoms with Crippen molar-refractivity contribution in [3.05, 3.63) is 97.4 Å². The van der Waals surface area contributed by atoms with Crippen LogP contribution in [-0.4, -0.2) is 12.0 Å². The van der Waals surface area contributed by atoms with E-state index in [-0.39, 0.29) is 18.8 Å². The molecule has 0 heterocycles. The van der Waals surface area contributed by atoms with Gasteiger partial charge in [-0.25, -0.2) is 0 Å². The molecule has 0 aromatic heterocycles. The van der Waals surface area contributed by atoms with Gasteiger partial charge in [0.1, 0.15) is 19.0 Å². The third-order valence-electron chi connectivity index (χ3n) is 4.25. The van der Waals surface area contributed by atoms with E-state index in [2.05, 4.69) is 5.16 Å². The predicted molar refractivity (Wildman–Crippen MR) is 126 cm³/mol. The van der Waals surface area contributed by atoms with E-state index < -0.39 is 0 Å². The van der Waals surface area contributed by atoms with Crippen LogP contribution in [0.25, 0.3) is 0 Å². The third-order valence-corrected chi connectivity index (χ3v) is 5.42. The number of carbonyl (C=O) groups is 1. The van der Waals surface area contributed by atoms with Gasteiger partial charge in [0.05, 0.1) is 6.21 Å². The maximum atomic E-state index is 12.3. The van der Waals surface area contributed by atoms with Gasteiger partial charge in [-0.1, -0.05) is 63.7 Å². The summed E-state index contributed by atoms with van der Waals surface area (Å²) in [6.07, 6.45) is 1.52. The second-order valence-electron chi connectivity index (χ2n) is 6.47. The lowest BCUT2D eigenvalue weighted by atomic mass is 10.1. The molecule has 8 heteroatoms. The van der Waals surface area contributed by atoms with E-state index in [1.807, 2.05) is 6.07 Å². The highest BCUT2D eigenvalue weighted by Crippen LogP contribution is 2.23. The minimum Gasteiger partial charge on any atom is -0.489 e. The summed E-state index contributed by atoms with van der Waals surface area (Å²) >= 11 is 23.9. The first kappa shape index (κ1) is 23.4. The number of ketones is 1. The lowest BCUT2D eigenvalue weighted by Gasteiger charge is -2.08. The first-order valence-electron chi connectivity index (χ1n) is 9.20. The molecule has 0 radical (unpaired) electrons. The Morgan fingerprint density at radius 2 is 1.39 bits per heavy atom. The van der Waals surface area contributed by atoms with Gasteiger partial charge in [-0.05, 0) is 48.5 Å². The zero-order valence-electron chi connectivity index (χ0n) is 16.2. The lowest BCUT2D eigenvalue weighted by Crippen LogP contribution is -2.01. The summed E-state index contributed by atoms with van der Waals surface area (Å²) in [4.78, 5) is 17.5. The Labute approximate surface area is 200 Å². The topological polar surface area (TPSA) is 47.9 Å². The summed E-state index contributed by atoms with van der Waals surface area (Å²) in [7, 11) is 0.